The molecule has 4 heteroatoms. The summed E-state index contributed by atoms with van der Waals surface area (Å²) in [6, 6.07) is 7.81. The van der Waals surface area contributed by atoms with Crippen molar-refractivity contribution in [2.75, 3.05) is 13.7 Å². The number of rotatable bonds is 7. The summed E-state index contributed by atoms with van der Waals surface area (Å²) >= 11 is 1.57. The maximum Gasteiger partial charge on any atom is 0.233 e. The van der Waals surface area contributed by atoms with Gasteiger partial charge in [0.25, 0.3) is 0 Å². The third-order valence-corrected chi connectivity index (χ3v) is 4.98. The third-order valence-electron chi connectivity index (χ3n) is 3.87. The molecule has 1 aliphatic carbocycles. The number of carbonyl (C=O) groups excluding carboxylic acids is 1. The van der Waals surface area contributed by atoms with E-state index in [9.17, 15) is 4.79 Å². The molecule has 0 bridgehead atoms. The fourth-order valence-corrected chi connectivity index (χ4v) is 3.43. The van der Waals surface area contributed by atoms with Crippen LogP contribution in [0, 0.1) is 0 Å². The summed E-state index contributed by atoms with van der Waals surface area (Å²) in [5, 5.41) is 2.96. The molecule has 0 spiro atoms. The van der Waals surface area contributed by atoms with Crippen molar-refractivity contribution in [1.82, 2.24) is 5.32 Å². The first-order valence-electron chi connectivity index (χ1n) is 7.95. The van der Waals surface area contributed by atoms with Gasteiger partial charge in [-0.05, 0) is 63.3 Å². The van der Waals surface area contributed by atoms with Crippen LogP contribution in [-0.4, -0.2) is 24.8 Å². The molecule has 3 nitrogen and oxygen atoms in total. The lowest BCUT2D eigenvalue weighted by molar-refractivity contribution is -0.120. The number of thioether (sulfide) groups is 1. The number of carbonyl (C=O) groups is 1. The van der Waals surface area contributed by atoms with Crippen LogP contribution in [0.2, 0.25) is 0 Å². The van der Waals surface area contributed by atoms with Crippen LogP contribution in [0.25, 0.3) is 0 Å². The highest BCUT2D eigenvalue weighted by atomic mass is 32.2. The lowest BCUT2D eigenvalue weighted by Gasteiger charge is -2.15. The van der Waals surface area contributed by atoms with Crippen molar-refractivity contribution in [3.8, 4) is 5.75 Å². The summed E-state index contributed by atoms with van der Waals surface area (Å²) < 4.78 is 5.14. The molecule has 2 rings (SSSR count). The van der Waals surface area contributed by atoms with Gasteiger partial charge in [-0.15, -0.1) is 11.8 Å². The van der Waals surface area contributed by atoms with Crippen molar-refractivity contribution in [3.05, 3.63) is 35.9 Å². The number of hydrogen-bond acceptors (Lipinski definition) is 3. The van der Waals surface area contributed by atoms with Crippen LogP contribution >= 0.6 is 11.8 Å². The van der Waals surface area contributed by atoms with Gasteiger partial charge in [0.1, 0.15) is 5.75 Å². The summed E-state index contributed by atoms with van der Waals surface area (Å²) in [6.07, 6.45) is 8.34. The first-order valence-corrected chi connectivity index (χ1v) is 8.83. The summed E-state index contributed by atoms with van der Waals surface area (Å²) in [5.74, 6) is 0.944. The standard InChI is InChI=1S/C18H25NO2S/c1-14(22-17-10-8-16(21-2)9-11-17)18(20)19-13-12-15-6-4-3-5-7-15/h6,8-11,14H,3-5,7,12-13H2,1-2H3,(H,19,20). The molecule has 0 saturated carbocycles. The van der Waals surface area contributed by atoms with E-state index in [1.807, 2.05) is 31.2 Å². The molecule has 1 atom stereocenters. The second kappa shape index (κ2) is 8.89. The van der Waals surface area contributed by atoms with E-state index in [-0.39, 0.29) is 11.2 Å². The highest BCUT2D eigenvalue weighted by Crippen LogP contribution is 2.25. The fourth-order valence-electron chi connectivity index (χ4n) is 2.53. The number of amides is 1. The van der Waals surface area contributed by atoms with E-state index < -0.39 is 0 Å². The molecule has 0 fully saturated rings. The number of benzene rings is 1. The van der Waals surface area contributed by atoms with E-state index in [0.29, 0.717) is 0 Å². The molecule has 1 aromatic rings. The topological polar surface area (TPSA) is 38.3 Å². The molecule has 1 aliphatic rings. The zero-order valence-corrected chi connectivity index (χ0v) is 14.2. The summed E-state index contributed by atoms with van der Waals surface area (Å²) in [5.41, 5.74) is 1.50. The zero-order chi connectivity index (χ0) is 15.8. The molecule has 120 valence electrons. The van der Waals surface area contributed by atoms with Gasteiger partial charge >= 0.3 is 0 Å². The minimum absolute atomic E-state index is 0.0891. The summed E-state index contributed by atoms with van der Waals surface area (Å²) in [4.78, 5) is 13.2. The lowest BCUT2D eigenvalue weighted by Crippen LogP contribution is -2.31. The highest BCUT2D eigenvalue weighted by molar-refractivity contribution is 8.00. The average molecular weight is 319 g/mol. The number of hydrogen-bond donors (Lipinski definition) is 1. The Balaban J connectivity index is 1.72. The van der Waals surface area contributed by atoms with Crippen molar-refractivity contribution in [1.29, 1.82) is 0 Å². The Hall–Kier alpha value is -1.42. The highest BCUT2D eigenvalue weighted by Gasteiger charge is 2.14. The van der Waals surface area contributed by atoms with E-state index >= 15 is 0 Å². The maximum absolute atomic E-state index is 12.1. The van der Waals surface area contributed by atoms with Crippen LogP contribution in [0.5, 0.6) is 5.75 Å². The van der Waals surface area contributed by atoms with E-state index in [1.54, 1.807) is 18.9 Å². The molecule has 0 heterocycles. The summed E-state index contributed by atoms with van der Waals surface area (Å²) in [6.45, 7) is 2.70. The predicted octanol–water partition coefficient (Wildman–Crippen LogP) is 4.18. The number of nitrogens with one attached hydrogen (secondary N) is 1. The monoisotopic (exact) mass is 319 g/mol. The van der Waals surface area contributed by atoms with E-state index in [1.165, 1.54) is 31.3 Å². The lowest BCUT2D eigenvalue weighted by atomic mass is 9.97. The van der Waals surface area contributed by atoms with Crippen LogP contribution in [0.1, 0.15) is 39.0 Å². The van der Waals surface area contributed by atoms with Gasteiger partial charge in [0, 0.05) is 11.4 Å². The van der Waals surface area contributed by atoms with Gasteiger partial charge in [0.05, 0.1) is 12.4 Å². The Bertz CT molecular complexity index is 510. The van der Waals surface area contributed by atoms with Crippen LogP contribution in [0.4, 0.5) is 0 Å². The number of ether oxygens (including phenoxy) is 1. The minimum atomic E-state index is -0.0891. The Morgan fingerprint density at radius 3 is 2.73 bits per heavy atom. The second-order valence-corrected chi connectivity index (χ2v) is 7.00. The van der Waals surface area contributed by atoms with E-state index in [4.69, 9.17) is 4.74 Å². The molecular weight excluding hydrogens is 294 g/mol. The first kappa shape index (κ1) is 16.9. The molecule has 0 radical (unpaired) electrons. The maximum atomic E-state index is 12.1. The molecule has 1 amide bonds. The molecule has 22 heavy (non-hydrogen) atoms. The molecule has 0 aliphatic heterocycles. The van der Waals surface area contributed by atoms with E-state index in [0.717, 1.165) is 23.6 Å². The smallest absolute Gasteiger partial charge is 0.233 e. The van der Waals surface area contributed by atoms with Gasteiger partial charge < -0.3 is 10.1 Å². The molecular formula is C18H25NO2S. The van der Waals surface area contributed by atoms with E-state index in [2.05, 4.69) is 11.4 Å². The average Bonchev–Trinajstić information content (AvgIpc) is 2.56. The van der Waals surface area contributed by atoms with Crippen molar-refractivity contribution in [2.45, 2.75) is 49.2 Å². The number of methoxy groups -OCH3 is 1. The molecule has 0 saturated heterocycles. The van der Waals surface area contributed by atoms with Crippen LogP contribution in [-0.2, 0) is 4.79 Å². The van der Waals surface area contributed by atoms with Crippen LogP contribution in [0.15, 0.2) is 40.8 Å². The minimum Gasteiger partial charge on any atom is -0.497 e. The Morgan fingerprint density at radius 2 is 2.09 bits per heavy atom. The van der Waals surface area contributed by atoms with Crippen molar-refractivity contribution in [2.24, 2.45) is 0 Å². The largest absolute Gasteiger partial charge is 0.497 e. The molecule has 1 N–H and O–H groups in total. The summed E-state index contributed by atoms with van der Waals surface area (Å²) in [7, 11) is 1.65. The molecule has 1 aromatic carbocycles. The van der Waals surface area contributed by atoms with Gasteiger partial charge in [-0.1, -0.05) is 11.6 Å². The van der Waals surface area contributed by atoms with Crippen molar-refractivity contribution < 1.29 is 9.53 Å². The Labute approximate surface area is 137 Å². The van der Waals surface area contributed by atoms with Crippen LogP contribution < -0.4 is 10.1 Å². The molecule has 0 aromatic heterocycles. The first-order chi connectivity index (χ1) is 10.7. The van der Waals surface area contributed by atoms with Gasteiger partial charge in [0.2, 0.25) is 5.91 Å². The Kier molecular flexibility index (Phi) is 6.84. The van der Waals surface area contributed by atoms with Gasteiger partial charge in [-0.3, -0.25) is 4.79 Å². The van der Waals surface area contributed by atoms with Gasteiger partial charge in [-0.25, -0.2) is 0 Å². The quantitative estimate of drug-likeness (QED) is 0.605. The van der Waals surface area contributed by atoms with Gasteiger partial charge in [-0.2, -0.15) is 0 Å². The zero-order valence-electron chi connectivity index (χ0n) is 13.4. The normalized spacial score (nSPS) is 15.8. The Morgan fingerprint density at radius 1 is 1.32 bits per heavy atom. The van der Waals surface area contributed by atoms with Crippen molar-refractivity contribution in [3.63, 3.8) is 0 Å². The second-order valence-electron chi connectivity index (χ2n) is 5.58. The predicted molar refractivity (Wildman–Crippen MR) is 92.5 cm³/mol. The van der Waals surface area contributed by atoms with Gasteiger partial charge in [0.15, 0.2) is 0 Å². The fraction of sp³-hybridized carbons (Fsp3) is 0.500. The SMILES string of the molecule is COc1ccc(SC(C)C(=O)NCCC2=CCCCC2)cc1. The van der Waals surface area contributed by atoms with Crippen molar-refractivity contribution >= 4 is 17.7 Å². The molecule has 1 unspecified atom stereocenters. The van der Waals surface area contributed by atoms with Crippen LogP contribution in [0.3, 0.4) is 0 Å². The third kappa shape index (κ3) is 5.41. The number of allylic oxidation sites excluding steroid dienone is 1.